The Morgan fingerprint density at radius 2 is 1.96 bits per heavy atom. The van der Waals surface area contributed by atoms with E-state index < -0.39 is 5.60 Å². The van der Waals surface area contributed by atoms with Crippen LogP contribution in [0.3, 0.4) is 0 Å². The van der Waals surface area contributed by atoms with Crippen LogP contribution in [-0.4, -0.2) is 59.4 Å². The summed E-state index contributed by atoms with van der Waals surface area (Å²) in [5.74, 6) is 0.304. The van der Waals surface area contributed by atoms with Gasteiger partial charge in [-0.05, 0) is 26.3 Å². The topological polar surface area (TPSA) is 53.0 Å². The van der Waals surface area contributed by atoms with Gasteiger partial charge in [-0.15, -0.1) is 0 Å². The number of nitrogens with zero attached hydrogens (tertiary/aromatic N) is 2. The number of hydrogen-bond donors (Lipinski definition) is 1. The first-order chi connectivity index (χ1) is 11.3. The third-order valence-corrected chi connectivity index (χ3v) is 5.05. The summed E-state index contributed by atoms with van der Waals surface area (Å²) in [5.41, 5.74) is 0.584. The fourth-order valence-corrected chi connectivity index (χ4v) is 3.94. The van der Waals surface area contributed by atoms with Crippen LogP contribution in [0.25, 0.3) is 0 Å². The van der Waals surface area contributed by atoms with E-state index in [2.05, 4.69) is 29.2 Å². The van der Waals surface area contributed by atoms with Crippen molar-refractivity contribution in [2.45, 2.75) is 32.9 Å². The highest BCUT2D eigenvalue weighted by Crippen LogP contribution is 2.43. The van der Waals surface area contributed by atoms with Gasteiger partial charge in [-0.25, -0.2) is 4.79 Å². The van der Waals surface area contributed by atoms with Crippen molar-refractivity contribution in [2.24, 2.45) is 11.3 Å². The van der Waals surface area contributed by atoms with Crippen molar-refractivity contribution in [3.8, 4) is 0 Å². The standard InChI is InChI=1S/C19H28N2O3/c1-18(2,3)24-17(23)21-11-16-10-20(12-19(16,13-21)14-22)9-15-7-5-4-6-8-15/h4-8,16,22H,9-14H2,1-3H3/t16-,19+/m1/s1. The Morgan fingerprint density at radius 3 is 2.54 bits per heavy atom. The van der Waals surface area contributed by atoms with E-state index in [0.717, 1.165) is 19.6 Å². The summed E-state index contributed by atoms with van der Waals surface area (Å²) >= 11 is 0. The van der Waals surface area contributed by atoms with Gasteiger partial charge >= 0.3 is 6.09 Å². The number of amides is 1. The number of aliphatic hydroxyl groups excluding tert-OH is 1. The average molecular weight is 332 g/mol. The first-order valence-electron chi connectivity index (χ1n) is 8.66. The number of hydrogen-bond acceptors (Lipinski definition) is 4. The quantitative estimate of drug-likeness (QED) is 0.923. The molecule has 132 valence electrons. The number of carbonyl (C=O) groups is 1. The number of aliphatic hydroxyl groups is 1. The molecule has 0 unspecified atom stereocenters. The van der Waals surface area contributed by atoms with Crippen LogP contribution in [-0.2, 0) is 11.3 Å². The summed E-state index contributed by atoms with van der Waals surface area (Å²) in [5, 5.41) is 10.0. The summed E-state index contributed by atoms with van der Waals surface area (Å²) in [6, 6.07) is 10.4. The van der Waals surface area contributed by atoms with Gasteiger partial charge in [0, 0.05) is 44.1 Å². The molecule has 2 aliphatic rings. The molecule has 0 aromatic heterocycles. The van der Waals surface area contributed by atoms with E-state index in [9.17, 15) is 9.90 Å². The van der Waals surface area contributed by atoms with Crippen molar-refractivity contribution in [2.75, 3.05) is 32.8 Å². The van der Waals surface area contributed by atoms with Gasteiger partial charge in [-0.3, -0.25) is 4.90 Å². The minimum absolute atomic E-state index is 0.113. The van der Waals surface area contributed by atoms with Gasteiger partial charge in [0.2, 0.25) is 0 Å². The highest BCUT2D eigenvalue weighted by atomic mass is 16.6. The third-order valence-electron chi connectivity index (χ3n) is 5.05. The monoisotopic (exact) mass is 332 g/mol. The maximum atomic E-state index is 12.3. The number of carbonyl (C=O) groups excluding carboxylic acids is 1. The predicted molar refractivity (Wildman–Crippen MR) is 92.5 cm³/mol. The zero-order chi connectivity index (χ0) is 17.4. The van der Waals surface area contributed by atoms with Crippen LogP contribution in [0.5, 0.6) is 0 Å². The van der Waals surface area contributed by atoms with E-state index in [1.165, 1.54) is 5.56 Å². The normalized spacial score (nSPS) is 27.3. The second-order valence-electron chi connectivity index (χ2n) is 8.23. The lowest BCUT2D eigenvalue weighted by molar-refractivity contribution is 0.0240. The molecule has 0 bridgehead atoms. The smallest absolute Gasteiger partial charge is 0.410 e. The zero-order valence-corrected chi connectivity index (χ0v) is 14.9. The van der Waals surface area contributed by atoms with Gasteiger partial charge in [0.15, 0.2) is 0 Å². The van der Waals surface area contributed by atoms with E-state index >= 15 is 0 Å². The molecule has 5 nitrogen and oxygen atoms in total. The predicted octanol–water partition coefficient (Wildman–Crippen LogP) is 2.35. The molecular weight excluding hydrogens is 304 g/mol. The summed E-state index contributed by atoms with van der Waals surface area (Å²) in [6.45, 7) is 9.63. The SMILES string of the molecule is CC(C)(C)OC(=O)N1C[C@H]2CN(Cc3ccccc3)C[C@@]2(CO)C1. The maximum Gasteiger partial charge on any atom is 0.410 e. The third kappa shape index (κ3) is 3.57. The molecule has 24 heavy (non-hydrogen) atoms. The molecule has 0 saturated carbocycles. The summed E-state index contributed by atoms with van der Waals surface area (Å²) in [7, 11) is 0. The van der Waals surface area contributed by atoms with Gasteiger partial charge in [-0.1, -0.05) is 30.3 Å². The Bertz CT molecular complexity index is 584. The molecule has 1 aromatic rings. The Balaban J connectivity index is 1.63. The van der Waals surface area contributed by atoms with Crippen LogP contribution >= 0.6 is 0 Å². The van der Waals surface area contributed by atoms with Gasteiger partial charge in [0.05, 0.1) is 6.61 Å². The van der Waals surface area contributed by atoms with Crippen molar-refractivity contribution < 1.29 is 14.6 Å². The van der Waals surface area contributed by atoms with Gasteiger partial charge in [-0.2, -0.15) is 0 Å². The van der Waals surface area contributed by atoms with Crippen LogP contribution in [0.2, 0.25) is 0 Å². The van der Waals surface area contributed by atoms with E-state index in [1.54, 1.807) is 4.90 Å². The number of fused-ring (bicyclic) bond motifs is 1. The molecule has 2 aliphatic heterocycles. The van der Waals surface area contributed by atoms with Gasteiger partial charge < -0.3 is 14.7 Å². The average Bonchev–Trinajstić information content (AvgIpc) is 3.00. The van der Waals surface area contributed by atoms with Gasteiger partial charge in [0.25, 0.3) is 0 Å². The lowest BCUT2D eigenvalue weighted by Gasteiger charge is -2.29. The summed E-state index contributed by atoms with van der Waals surface area (Å²) in [6.07, 6.45) is -0.265. The molecule has 1 aromatic carbocycles. The minimum Gasteiger partial charge on any atom is -0.444 e. The molecule has 5 heteroatoms. The fraction of sp³-hybridized carbons (Fsp3) is 0.632. The first-order valence-corrected chi connectivity index (χ1v) is 8.66. The van der Waals surface area contributed by atoms with Crippen molar-refractivity contribution in [3.63, 3.8) is 0 Å². The Labute approximate surface area is 144 Å². The largest absolute Gasteiger partial charge is 0.444 e. The second-order valence-corrected chi connectivity index (χ2v) is 8.23. The Kier molecular flexibility index (Phi) is 4.58. The maximum absolute atomic E-state index is 12.3. The number of benzene rings is 1. The van der Waals surface area contributed by atoms with Crippen molar-refractivity contribution in [1.29, 1.82) is 0 Å². The van der Waals surface area contributed by atoms with Crippen LogP contribution in [0.15, 0.2) is 30.3 Å². The van der Waals surface area contributed by atoms with E-state index in [4.69, 9.17) is 4.74 Å². The highest BCUT2D eigenvalue weighted by Gasteiger charge is 2.53. The number of ether oxygens (including phenoxy) is 1. The van der Waals surface area contributed by atoms with Gasteiger partial charge in [0.1, 0.15) is 5.60 Å². The minimum atomic E-state index is -0.486. The molecule has 0 aliphatic carbocycles. The van der Waals surface area contributed by atoms with E-state index in [-0.39, 0.29) is 18.1 Å². The van der Waals surface area contributed by atoms with Crippen LogP contribution in [0, 0.1) is 11.3 Å². The second kappa shape index (κ2) is 6.37. The van der Waals surface area contributed by atoms with E-state index in [0.29, 0.717) is 19.0 Å². The first kappa shape index (κ1) is 17.2. The molecular formula is C19H28N2O3. The fourth-order valence-electron chi connectivity index (χ4n) is 3.94. The number of rotatable bonds is 3. The van der Waals surface area contributed by atoms with Crippen LogP contribution in [0.1, 0.15) is 26.3 Å². The molecule has 0 spiro atoms. The molecule has 3 rings (SSSR count). The molecule has 1 N–H and O–H groups in total. The summed E-state index contributed by atoms with van der Waals surface area (Å²) < 4.78 is 5.49. The lowest BCUT2D eigenvalue weighted by Crippen LogP contribution is -2.40. The molecule has 2 fully saturated rings. The molecule has 2 saturated heterocycles. The summed E-state index contributed by atoms with van der Waals surface area (Å²) in [4.78, 5) is 16.5. The number of likely N-dealkylation sites (tertiary alicyclic amines) is 2. The van der Waals surface area contributed by atoms with Crippen LogP contribution in [0.4, 0.5) is 4.79 Å². The Morgan fingerprint density at radius 1 is 1.25 bits per heavy atom. The molecule has 2 atom stereocenters. The van der Waals surface area contributed by atoms with Crippen LogP contribution < -0.4 is 0 Å². The highest BCUT2D eigenvalue weighted by molar-refractivity contribution is 5.68. The van der Waals surface area contributed by atoms with Crippen molar-refractivity contribution in [1.82, 2.24) is 9.80 Å². The van der Waals surface area contributed by atoms with E-state index in [1.807, 2.05) is 26.8 Å². The molecule has 1 amide bonds. The van der Waals surface area contributed by atoms with Crippen molar-refractivity contribution in [3.05, 3.63) is 35.9 Å². The Hall–Kier alpha value is -1.59. The van der Waals surface area contributed by atoms with Crippen molar-refractivity contribution >= 4 is 6.09 Å². The zero-order valence-electron chi connectivity index (χ0n) is 14.9. The molecule has 2 heterocycles. The molecule has 0 radical (unpaired) electrons. The lowest BCUT2D eigenvalue weighted by atomic mass is 9.82.